The first-order valence-corrected chi connectivity index (χ1v) is 14.1. The molecule has 3 aromatic rings. The standard InChI is InChI=1S/C33H34N4O3/c1-3-4-19-40-28-17-15-24(16-18-28)31-25(22-36(35-31)26-11-7-5-8-12-26)20-29-23(2)30(21-34)33(39)37(32(29)38)27-13-9-6-10-14-27/h5,7-8,11-12,15-18,20,22,27H,3-4,6,9-10,13-14,19H2,1-2H3/b29-20+. The second-order valence-corrected chi connectivity index (χ2v) is 10.4. The van der Waals surface area contributed by atoms with Crippen LogP contribution in [-0.2, 0) is 9.59 Å². The topological polar surface area (TPSA) is 88.2 Å². The van der Waals surface area contributed by atoms with Crippen LogP contribution in [0, 0.1) is 11.3 Å². The van der Waals surface area contributed by atoms with Gasteiger partial charge in [-0.05, 0) is 74.2 Å². The first kappa shape index (κ1) is 27.1. The molecule has 2 aromatic carbocycles. The van der Waals surface area contributed by atoms with Crippen molar-refractivity contribution in [2.24, 2.45) is 0 Å². The predicted molar refractivity (Wildman–Crippen MR) is 154 cm³/mol. The number of benzene rings is 2. The third-order valence-electron chi connectivity index (χ3n) is 7.67. The number of para-hydroxylation sites is 1. The number of hydrogen-bond donors (Lipinski definition) is 0. The van der Waals surface area contributed by atoms with Crippen molar-refractivity contribution in [3.05, 3.63) is 83.1 Å². The van der Waals surface area contributed by atoms with Gasteiger partial charge < -0.3 is 4.74 Å². The fourth-order valence-electron chi connectivity index (χ4n) is 5.40. The molecule has 0 saturated heterocycles. The third kappa shape index (κ3) is 5.48. The maximum atomic E-state index is 13.9. The lowest BCUT2D eigenvalue weighted by Crippen LogP contribution is -2.49. The van der Waals surface area contributed by atoms with Crippen molar-refractivity contribution in [3.63, 3.8) is 0 Å². The van der Waals surface area contributed by atoms with E-state index >= 15 is 0 Å². The van der Waals surface area contributed by atoms with E-state index in [0.29, 0.717) is 23.4 Å². The van der Waals surface area contributed by atoms with Crippen molar-refractivity contribution in [3.8, 4) is 28.8 Å². The molecular formula is C33H34N4O3. The zero-order chi connectivity index (χ0) is 28.1. The average Bonchev–Trinajstić information content (AvgIpc) is 3.41. The van der Waals surface area contributed by atoms with Gasteiger partial charge in [0, 0.05) is 28.9 Å². The Morgan fingerprint density at radius 3 is 2.42 bits per heavy atom. The monoisotopic (exact) mass is 534 g/mol. The number of amides is 2. The molecule has 2 heterocycles. The molecule has 0 unspecified atom stereocenters. The number of ether oxygens (including phenoxy) is 1. The highest BCUT2D eigenvalue weighted by atomic mass is 16.5. The molecule has 1 aliphatic carbocycles. The van der Waals surface area contributed by atoms with Crippen LogP contribution >= 0.6 is 0 Å². The minimum atomic E-state index is -0.479. The lowest BCUT2D eigenvalue weighted by atomic mass is 9.88. The molecule has 0 N–H and O–H groups in total. The highest BCUT2D eigenvalue weighted by Crippen LogP contribution is 2.34. The highest BCUT2D eigenvalue weighted by molar-refractivity contribution is 6.20. The van der Waals surface area contributed by atoms with E-state index in [-0.39, 0.29) is 17.5 Å². The number of carbonyl (C=O) groups is 2. The number of rotatable bonds is 8. The fraction of sp³-hybridized carbons (Fsp3) is 0.333. The zero-order valence-electron chi connectivity index (χ0n) is 23.1. The van der Waals surface area contributed by atoms with Crippen molar-refractivity contribution < 1.29 is 14.3 Å². The molecule has 204 valence electrons. The van der Waals surface area contributed by atoms with Crippen LogP contribution in [0.25, 0.3) is 23.0 Å². The maximum Gasteiger partial charge on any atom is 0.271 e. The summed E-state index contributed by atoms with van der Waals surface area (Å²) in [5.74, 6) is -0.0273. The highest BCUT2D eigenvalue weighted by Gasteiger charge is 2.40. The summed E-state index contributed by atoms with van der Waals surface area (Å²) in [7, 11) is 0. The summed E-state index contributed by atoms with van der Waals surface area (Å²) in [6.45, 7) is 4.48. The number of hydrogen-bond acceptors (Lipinski definition) is 5. The molecule has 7 nitrogen and oxygen atoms in total. The third-order valence-corrected chi connectivity index (χ3v) is 7.67. The van der Waals surface area contributed by atoms with Gasteiger partial charge in [-0.3, -0.25) is 14.5 Å². The van der Waals surface area contributed by atoms with E-state index in [1.807, 2.05) is 60.8 Å². The van der Waals surface area contributed by atoms with Gasteiger partial charge in [0.05, 0.1) is 18.0 Å². The van der Waals surface area contributed by atoms with Crippen LogP contribution in [0.3, 0.4) is 0 Å². The van der Waals surface area contributed by atoms with Crippen LogP contribution in [0.5, 0.6) is 5.75 Å². The molecule has 2 amide bonds. The molecule has 0 bridgehead atoms. The Kier molecular flexibility index (Phi) is 8.26. The predicted octanol–water partition coefficient (Wildman–Crippen LogP) is 6.64. The Bertz CT molecular complexity index is 1490. The number of imide groups is 1. The van der Waals surface area contributed by atoms with Crippen LogP contribution in [0.4, 0.5) is 0 Å². The SMILES string of the molecule is CCCCOc1ccc(-c2nn(-c3ccccc3)cc2/C=C2/C(=O)N(C3CCCCC3)C(=O)C(C#N)=C2C)cc1. The molecule has 5 rings (SSSR count). The van der Waals surface area contributed by atoms with Gasteiger partial charge in [0.2, 0.25) is 0 Å². The van der Waals surface area contributed by atoms with Gasteiger partial charge in [-0.1, -0.05) is 50.8 Å². The molecule has 40 heavy (non-hydrogen) atoms. The summed E-state index contributed by atoms with van der Waals surface area (Å²) >= 11 is 0. The van der Waals surface area contributed by atoms with E-state index in [4.69, 9.17) is 9.84 Å². The van der Waals surface area contributed by atoms with Gasteiger partial charge in [0.25, 0.3) is 11.8 Å². The van der Waals surface area contributed by atoms with Crippen LogP contribution in [0.2, 0.25) is 0 Å². The zero-order valence-corrected chi connectivity index (χ0v) is 23.1. The lowest BCUT2D eigenvalue weighted by Gasteiger charge is -2.36. The van der Waals surface area contributed by atoms with Crippen molar-refractivity contribution in [2.75, 3.05) is 6.61 Å². The number of carbonyl (C=O) groups excluding carboxylic acids is 2. The van der Waals surface area contributed by atoms with E-state index in [2.05, 4.69) is 13.0 Å². The molecule has 1 fully saturated rings. The van der Waals surface area contributed by atoms with E-state index in [9.17, 15) is 14.9 Å². The Hall–Kier alpha value is -4.44. The van der Waals surface area contributed by atoms with E-state index in [0.717, 1.165) is 67.5 Å². The number of nitrogens with zero attached hydrogens (tertiary/aromatic N) is 4. The minimum absolute atomic E-state index is 0.0296. The van der Waals surface area contributed by atoms with E-state index < -0.39 is 5.91 Å². The van der Waals surface area contributed by atoms with E-state index in [1.165, 1.54) is 4.90 Å². The van der Waals surface area contributed by atoms with Crippen LogP contribution in [-0.4, -0.2) is 39.1 Å². The molecule has 1 aromatic heterocycles. The fourth-order valence-corrected chi connectivity index (χ4v) is 5.40. The quantitative estimate of drug-likeness (QED) is 0.184. The summed E-state index contributed by atoms with van der Waals surface area (Å²) in [5, 5.41) is 14.8. The maximum absolute atomic E-state index is 13.9. The van der Waals surface area contributed by atoms with E-state index in [1.54, 1.807) is 17.7 Å². The summed E-state index contributed by atoms with van der Waals surface area (Å²) in [4.78, 5) is 28.4. The number of aromatic nitrogens is 2. The lowest BCUT2D eigenvalue weighted by molar-refractivity contribution is -0.143. The Morgan fingerprint density at radius 2 is 1.75 bits per heavy atom. The van der Waals surface area contributed by atoms with Gasteiger partial charge in [-0.25, -0.2) is 4.68 Å². The van der Waals surface area contributed by atoms with Gasteiger partial charge in [-0.15, -0.1) is 0 Å². The first-order valence-electron chi connectivity index (χ1n) is 14.1. The van der Waals surface area contributed by atoms with Crippen molar-refractivity contribution in [2.45, 2.75) is 64.8 Å². The Morgan fingerprint density at radius 1 is 1.02 bits per heavy atom. The van der Waals surface area contributed by atoms with Gasteiger partial charge in [0.1, 0.15) is 17.4 Å². The number of nitriles is 1. The molecule has 0 spiro atoms. The second kappa shape index (κ2) is 12.2. The largest absolute Gasteiger partial charge is 0.494 e. The normalized spacial score (nSPS) is 17.4. The van der Waals surface area contributed by atoms with Crippen molar-refractivity contribution >= 4 is 17.9 Å². The summed E-state index contributed by atoms with van der Waals surface area (Å²) in [5.41, 5.74) is 3.96. The van der Waals surface area contributed by atoms with Crippen LogP contribution in [0.15, 0.2) is 77.5 Å². The molecule has 1 aliphatic heterocycles. The van der Waals surface area contributed by atoms with Gasteiger partial charge in [0.15, 0.2) is 0 Å². The van der Waals surface area contributed by atoms with Gasteiger partial charge in [-0.2, -0.15) is 10.4 Å². The van der Waals surface area contributed by atoms with Crippen molar-refractivity contribution in [1.29, 1.82) is 5.26 Å². The summed E-state index contributed by atoms with van der Waals surface area (Å²) in [6.07, 6.45) is 10.3. The molecule has 2 aliphatic rings. The molecule has 7 heteroatoms. The van der Waals surface area contributed by atoms with Crippen LogP contribution in [0.1, 0.15) is 64.4 Å². The molecular weight excluding hydrogens is 500 g/mol. The summed E-state index contributed by atoms with van der Waals surface area (Å²) in [6, 6.07) is 19.4. The van der Waals surface area contributed by atoms with Gasteiger partial charge >= 0.3 is 0 Å². The minimum Gasteiger partial charge on any atom is -0.494 e. The summed E-state index contributed by atoms with van der Waals surface area (Å²) < 4.78 is 7.63. The molecule has 1 saturated carbocycles. The van der Waals surface area contributed by atoms with Crippen molar-refractivity contribution in [1.82, 2.24) is 14.7 Å². The Labute approximate surface area is 235 Å². The second-order valence-electron chi connectivity index (χ2n) is 10.4. The molecule has 0 radical (unpaired) electrons. The first-order chi connectivity index (χ1) is 19.5. The Balaban J connectivity index is 1.59. The smallest absolute Gasteiger partial charge is 0.271 e. The molecule has 0 atom stereocenters. The average molecular weight is 535 g/mol. The van der Waals surface area contributed by atoms with Crippen LogP contribution < -0.4 is 4.74 Å². The number of unbranched alkanes of at least 4 members (excludes halogenated alkanes) is 1.